The van der Waals surface area contributed by atoms with Gasteiger partial charge in [0, 0.05) is 31.0 Å². The van der Waals surface area contributed by atoms with E-state index in [2.05, 4.69) is 22.0 Å². The Labute approximate surface area is 144 Å². The van der Waals surface area contributed by atoms with Crippen LogP contribution in [0, 0.1) is 11.3 Å². The maximum atomic E-state index is 12.5. The highest BCUT2D eigenvalue weighted by Gasteiger charge is 2.46. The Hall–Kier alpha value is -1.99. The quantitative estimate of drug-likeness (QED) is 0.887. The highest BCUT2D eigenvalue weighted by Crippen LogP contribution is 2.50. The van der Waals surface area contributed by atoms with Crippen LogP contribution in [0.2, 0.25) is 0 Å². The summed E-state index contributed by atoms with van der Waals surface area (Å²) in [6.45, 7) is 2.27. The molecule has 1 aliphatic heterocycles. The van der Waals surface area contributed by atoms with E-state index in [1.807, 2.05) is 0 Å². The van der Waals surface area contributed by atoms with Crippen molar-refractivity contribution < 1.29 is 22.7 Å². The molecule has 1 aromatic rings. The molecule has 1 unspecified atom stereocenters. The molecule has 1 spiro atoms. The third-order valence-corrected chi connectivity index (χ3v) is 5.39. The van der Waals surface area contributed by atoms with E-state index in [1.54, 1.807) is 4.90 Å². The van der Waals surface area contributed by atoms with E-state index >= 15 is 0 Å². The molecule has 1 saturated carbocycles. The molecule has 2 amide bonds. The zero-order valence-corrected chi connectivity index (χ0v) is 14.1. The first kappa shape index (κ1) is 17.8. The number of amides is 2. The second-order valence-corrected chi connectivity index (χ2v) is 7.04. The molecule has 1 saturated heterocycles. The lowest BCUT2D eigenvalue weighted by molar-refractivity contribution is -0.154. The van der Waals surface area contributed by atoms with Gasteiger partial charge in [-0.15, -0.1) is 0 Å². The van der Waals surface area contributed by atoms with Gasteiger partial charge in [-0.2, -0.15) is 13.2 Å². The fraction of sp³-hybridized carbons (Fsp3) is 0.647. The number of aromatic nitrogens is 1. The molecule has 1 aromatic heterocycles. The van der Waals surface area contributed by atoms with Crippen molar-refractivity contribution in [1.29, 1.82) is 0 Å². The van der Waals surface area contributed by atoms with Gasteiger partial charge in [-0.1, -0.05) is 13.3 Å². The second-order valence-electron chi connectivity index (χ2n) is 7.04. The van der Waals surface area contributed by atoms with Gasteiger partial charge in [-0.05, 0) is 36.7 Å². The topological polar surface area (TPSA) is 54.5 Å². The van der Waals surface area contributed by atoms with Crippen LogP contribution in [0.4, 0.5) is 23.7 Å². The van der Waals surface area contributed by atoms with Crippen LogP contribution in [0.5, 0.6) is 5.88 Å². The van der Waals surface area contributed by atoms with Crippen molar-refractivity contribution in [3.8, 4) is 5.88 Å². The first-order valence-corrected chi connectivity index (χ1v) is 8.49. The zero-order valence-electron chi connectivity index (χ0n) is 14.1. The number of nitrogens with zero attached hydrogens (tertiary/aromatic N) is 2. The molecule has 2 heterocycles. The number of hydrogen-bond acceptors (Lipinski definition) is 3. The monoisotopic (exact) mass is 357 g/mol. The normalized spacial score (nSPS) is 22.4. The summed E-state index contributed by atoms with van der Waals surface area (Å²) in [5.41, 5.74) is 0.618. The summed E-state index contributed by atoms with van der Waals surface area (Å²) < 4.78 is 41.2. The molecule has 1 N–H and O–H groups in total. The van der Waals surface area contributed by atoms with Crippen molar-refractivity contribution in [2.24, 2.45) is 11.3 Å². The summed E-state index contributed by atoms with van der Waals surface area (Å²) in [5.74, 6) is 0.450. The van der Waals surface area contributed by atoms with E-state index in [1.165, 1.54) is 24.8 Å². The molecule has 5 nitrogen and oxygen atoms in total. The highest BCUT2D eigenvalue weighted by molar-refractivity contribution is 5.89. The number of pyridine rings is 1. The minimum absolute atomic E-state index is 0.169. The number of likely N-dealkylation sites (tertiary alicyclic amines) is 1. The fourth-order valence-electron chi connectivity index (χ4n) is 3.65. The van der Waals surface area contributed by atoms with E-state index in [4.69, 9.17) is 0 Å². The highest BCUT2D eigenvalue weighted by atomic mass is 19.4. The summed E-state index contributed by atoms with van der Waals surface area (Å²) in [6.07, 6.45) is 1.38. The molecule has 25 heavy (non-hydrogen) atoms. The number of carbonyl (C=O) groups is 1. The van der Waals surface area contributed by atoms with Crippen LogP contribution < -0.4 is 10.1 Å². The van der Waals surface area contributed by atoms with Crippen LogP contribution in [0.3, 0.4) is 0 Å². The third-order valence-electron chi connectivity index (χ3n) is 5.39. The van der Waals surface area contributed by atoms with Gasteiger partial charge in [-0.3, -0.25) is 0 Å². The maximum absolute atomic E-state index is 12.5. The van der Waals surface area contributed by atoms with E-state index in [0.717, 1.165) is 25.8 Å². The fourth-order valence-corrected chi connectivity index (χ4v) is 3.65. The van der Waals surface area contributed by atoms with Crippen molar-refractivity contribution >= 4 is 11.7 Å². The first-order chi connectivity index (χ1) is 11.8. The molecule has 0 radical (unpaired) electrons. The van der Waals surface area contributed by atoms with Gasteiger partial charge in [0.2, 0.25) is 5.88 Å². The van der Waals surface area contributed by atoms with Crippen LogP contribution in [-0.4, -0.2) is 41.8 Å². The average molecular weight is 357 g/mol. The molecule has 8 heteroatoms. The average Bonchev–Trinajstić information content (AvgIpc) is 2.51. The van der Waals surface area contributed by atoms with Gasteiger partial charge in [0.25, 0.3) is 0 Å². The third kappa shape index (κ3) is 4.16. The first-order valence-electron chi connectivity index (χ1n) is 8.49. The van der Waals surface area contributed by atoms with Crippen molar-refractivity contribution in [2.45, 2.75) is 38.8 Å². The van der Waals surface area contributed by atoms with Crippen LogP contribution in [0.25, 0.3) is 0 Å². The summed E-state index contributed by atoms with van der Waals surface area (Å²) >= 11 is 0. The predicted molar refractivity (Wildman–Crippen MR) is 86.4 cm³/mol. The van der Waals surface area contributed by atoms with E-state index in [-0.39, 0.29) is 17.3 Å². The Morgan fingerprint density at radius 2 is 2.24 bits per heavy atom. The molecule has 0 aromatic carbocycles. The number of halogens is 3. The number of rotatable bonds is 3. The molecule has 1 atom stereocenters. The Bertz CT molecular complexity index is 632. The van der Waals surface area contributed by atoms with Gasteiger partial charge >= 0.3 is 12.2 Å². The molecule has 3 rings (SSSR count). The number of urea groups is 1. The van der Waals surface area contributed by atoms with Crippen molar-refractivity contribution in [3.05, 3.63) is 18.3 Å². The second kappa shape index (κ2) is 6.72. The van der Waals surface area contributed by atoms with Gasteiger partial charge in [-0.25, -0.2) is 9.78 Å². The lowest BCUT2D eigenvalue weighted by atomic mass is 9.59. The number of piperidine rings is 1. The predicted octanol–water partition coefficient (Wildman–Crippen LogP) is 4.07. The zero-order chi connectivity index (χ0) is 18.1. The number of ether oxygens (including phenoxy) is 1. The smallest absolute Gasteiger partial charge is 0.422 e. The number of hydrogen-bond donors (Lipinski definition) is 1. The molecule has 2 aliphatic rings. The van der Waals surface area contributed by atoms with Crippen molar-refractivity contribution in [3.63, 3.8) is 0 Å². The summed E-state index contributed by atoms with van der Waals surface area (Å²) in [6, 6.07) is 2.60. The molecule has 1 aliphatic carbocycles. The van der Waals surface area contributed by atoms with Crippen LogP contribution >= 0.6 is 0 Å². The molecule has 2 fully saturated rings. The molecular formula is C17H22F3N3O2. The summed E-state index contributed by atoms with van der Waals surface area (Å²) in [4.78, 5) is 18.0. The van der Waals surface area contributed by atoms with Crippen molar-refractivity contribution in [2.75, 3.05) is 25.0 Å². The number of alkyl halides is 3. The standard InChI is InChI=1S/C17H22F3N3O2/c1-12-4-8-23(10-16(12)5-2-6-16)15(24)22-13-3-7-21-14(9-13)25-11-17(18,19)20/h3,7,9,12H,2,4-6,8,10-11H2,1H3,(H,21,22,24). The minimum Gasteiger partial charge on any atom is -0.468 e. The van der Waals surface area contributed by atoms with Gasteiger partial charge in [0.15, 0.2) is 6.61 Å². The molecule has 138 valence electrons. The Morgan fingerprint density at radius 3 is 2.88 bits per heavy atom. The van der Waals surface area contributed by atoms with Crippen LogP contribution in [0.1, 0.15) is 32.6 Å². The van der Waals surface area contributed by atoms with Gasteiger partial charge in [0.05, 0.1) is 0 Å². The summed E-state index contributed by atoms with van der Waals surface area (Å²) in [5, 5.41) is 2.74. The Morgan fingerprint density at radius 1 is 1.48 bits per heavy atom. The minimum atomic E-state index is -4.43. The summed E-state index contributed by atoms with van der Waals surface area (Å²) in [7, 11) is 0. The van der Waals surface area contributed by atoms with Gasteiger partial charge in [0.1, 0.15) is 0 Å². The van der Waals surface area contributed by atoms with Crippen LogP contribution in [-0.2, 0) is 0 Å². The van der Waals surface area contributed by atoms with Crippen LogP contribution in [0.15, 0.2) is 18.3 Å². The maximum Gasteiger partial charge on any atom is 0.422 e. The van der Waals surface area contributed by atoms with E-state index < -0.39 is 12.8 Å². The molecular weight excluding hydrogens is 335 g/mol. The Kier molecular flexibility index (Phi) is 4.79. The largest absolute Gasteiger partial charge is 0.468 e. The number of nitrogens with one attached hydrogen (secondary N) is 1. The molecule has 0 bridgehead atoms. The van der Waals surface area contributed by atoms with Crippen molar-refractivity contribution in [1.82, 2.24) is 9.88 Å². The Balaban J connectivity index is 1.59. The van der Waals surface area contributed by atoms with E-state index in [0.29, 0.717) is 18.2 Å². The number of carbonyl (C=O) groups excluding carboxylic acids is 1. The lowest BCUT2D eigenvalue weighted by Crippen LogP contribution is -2.54. The van der Waals surface area contributed by atoms with E-state index in [9.17, 15) is 18.0 Å². The lowest BCUT2D eigenvalue weighted by Gasteiger charge is -2.52. The number of anilines is 1. The van der Waals surface area contributed by atoms with Gasteiger partial charge < -0.3 is 15.0 Å². The SMILES string of the molecule is CC1CCN(C(=O)Nc2ccnc(OCC(F)(F)F)c2)CC12CCC2.